The molecule has 0 spiro atoms. The molecule has 1 saturated carbocycles. The van der Waals surface area contributed by atoms with E-state index in [9.17, 15) is 9.59 Å². The van der Waals surface area contributed by atoms with Gasteiger partial charge in [0.25, 0.3) is 0 Å². The minimum Gasteiger partial charge on any atom is -0.460 e. The van der Waals surface area contributed by atoms with Crippen LogP contribution in [-0.2, 0) is 14.3 Å². The first kappa shape index (κ1) is 13.3. The second-order valence-electron chi connectivity index (χ2n) is 5.32. The van der Waals surface area contributed by atoms with E-state index in [1.807, 2.05) is 0 Å². The van der Waals surface area contributed by atoms with Crippen LogP contribution in [0.4, 0.5) is 0 Å². The van der Waals surface area contributed by atoms with Crippen LogP contribution in [0.3, 0.4) is 0 Å². The Morgan fingerprint density at radius 3 is 2.61 bits per heavy atom. The number of nitrogens with one attached hydrogen (secondary N) is 1. The molecule has 5 heteroatoms. The van der Waals surface area contributed by atoms with E-state index in [0.717, 1.165) is 25.7 Å². The summed E-state index contributed by atoms with van der Waals surface area (Å²) in [5.41, 5.74) is 5.66. The van der Waals surface area contributed by atoms with Crippen molar-refractivity contribution in [3.05, 3.63) is 0 Å². The van der Waals surface area contributed by atoms with Crippen LogP contribution in [0.1, 0.15) is 44.9 Å². The number of rotatable bonds is 2. The number of carbonyl (C=O) groups is 2. The van der Waals surface area contributed by atoms with Crippen molar-refractivity contribution in [2.24, 2.45) is 11.7 Å². The summed E-state index contributed by atoms with van der Waals surface area (Å²) in [7, 11) is 0. The molecule has 0 bridgehead atoms. The van der Waals surface area contributed by atoms with Crippen molar-refractivity contribution in [2.75, 3.05) is 6.54 Å². The second kappa shape index (κ2) is 6.18. The highest BCUT2D eigenvalue weighted by atomic mass is 16.5. The predicted molar refractivity (Wildman–Crippen MR) is 66.7 cm³/mol. The van der Waals surface area contributed by atoms with Gasteiger partial charge in [-0.1, -0.05) is 19.3 Å². The molecule has 0 aromatic carbocycles. The highest BCUT2D eigenvalue weighted by Gasteiger charge is 2.28. The summed E-state index contributed by atoms with van der Waals surface area (Å²) in [5, 5.41) is 2.71. The van der Waals surface area contributed by atoms with E-state index in [4.69, 9.17) is 10.5 Å². The molecule has 18 heavy (non-hydrogen) atoms. The average molecular weight is 254 g/mol. The second-order valence-corrected chi connectivity index (χ2v) is 5.32. The fraction of sp³-hybridized carbons (Fsp3) is 0.846. The number of hydrogen-bond acceptors (Lipinski definition) is 4. The number of esters is 1. The zero-order chi connectivity index (χ0) is 13.0. The van der Waals surface area contributed by atoms with Gasteiger partial charge in [-0.3, -0.25) is 9.59 Å². The van der Waals surface area contributed by atoms with E-state index in [1.165, 1.54) is 6.42 Å². The maximum absolute atomic E-state index is 12.0. The molecule has 2 fully saturated rings. The Morgan fingerprint density at radius 2 is 1.89 bits per heavy atom. The Bertz CT molecular complexity index is 313. The molecule has 0 unspecified atom stereocenters. The number of carbonyl (C=O) groups excluding carboxylic acids is 2. The standard InChI is InChI=1S/C13H22N2O3/c14-11-7-6-10(8-15-12(11)16)18-13(17)9-4-2-1-3-5-9/h9-11H,1-8,14H2,(H,15,16)/t10-,11+/m1/s1. The van der Waals surface area contributed by atoms with Crippen molar-refractivity contribution in [1.82, 2.24) is 5.32 Å². The molecule has 1 aliphatic carbocycles. The Kier molecular flexibility index (Phi) is 4.58. The summed E-state index contributed by atoms with van der Waals surface area (Å²) in [6.45, 7) is 0.394. The molecule has 0 radical (unpaired) electrons. The topological polar surface area (TPSA) is 81.4 Å². The highest BCUT2D eigenvalue weighted by Crippen LogP contribution is 2.25. The van der Waals surface area contributed by atoms with Crippen molar-refractivity contribution < 1.29 is 14.3 Å². The Labute approximate surface area is 107 Å². The number of nitrogens with two attached hydrogens (primary N) is 1. The molecule has 1 amide bonds. The van der Waals surface area contributed by atoms with Gasteiger partial charge in [-0.25, -0.2) is 0 Å². The Balaban J connectivity index is 1.81. The van der Waals surface area contributed by atoms with Crippen LogP contribution in [0.2, 0.25) is 0 Å². The molecular weight excluding hydrogens is 232 g/mol. The van der Waals surface area contributed by atoms with Crippen LogP contribution in [0.15, 0.2) is 0 Å². The quantitative estimate of drug-likeness (QED) is 0.711. The Hall–Kier alpha value is -1.10. The van der Waals surface area contributed by atoms with Crippen molar-refractivity contribution in [3.63, 3.8) is 0 Å². The van der Waals surface area contributed by atoms with Gasteiger partial charge in [0.15, 0.2) is 0 Å². The van der Waals surface area contributed by atoms with Gasteiger partial charge in [-0.05, 0) is 25.7 Å². The predicted octanol–water partition coefficient (Wildman–Crippen LogP) is 0.716. The molecule has 5 nitrogen and oxygen atoms in total. The molecule has 1 saturated heterocycles. The smallest absolute Gasteiger partial charge is 0.309 e. The molecule has 0 aromatic heterocycles. The zero-order valence-corrected chi connectivity index (χ0v) is 10.7. The van der Waals surface area contributed by atoms with E-state index in [-0.39, 0.29) is 23.9 Å². The third kappa shape index (κ3) is 3.45. The SMILES string of the molecule is N[C@H]1CC[C@@H](OC(=O)C2CCCCC2)CNC1=O. The summed E-state index contributed by atoms with van der Waals surface area (Å²) in [5.74, 6) is -0.179. The lowest BCUT2D eigenvalue weighted by Crippen LogP contribution is -2.40. The third-order valence-electron chi connectivity index (χ3n) is 3.86. The van der Waals surface area contributed by atoms with Crippen LogP contribution in [0, 0.1) is 5.92 Å². The van der Waals surface area contributed by atoms with Gasteiger partial charge in [-0.2, -0.15) is 0 Å². The van der Waals surface area contributed by atoms with Crippen molar-refractivity contribution in [1.29, 1.82) is 0 Å². The zero-order valence-electron chi connectivity index (χ0n) is 10.7. The van der Waals surface area contributed by atoms with Gasteiger partial charge in [0, 0.05) is 0 Å². The fourth-order valence-electron chi connectivity index (χ4n) is 2.64. The van der Waals surface area contributed by atoms with Crippen molar-refractivity contribution in [3.8, 4) is 0 Å². The van der Waals surface area contributed by atoms with Gasteiger partial charge in [0.1, 0.15) is 6.10 Å². The van der Waals surface area contributed by atoms with E-state index in [0.29, 0.717) is 19.4 Å². The van der Waals surface area contributed by atoms with Crippen LogP contribution in [-0.4, -0.2) is 30.6 Å². The monoisotopic (exact) mass is 254 g/mol. The fourth-order valence-corrected chi connectivity index (χ4v) is 2.64. The number of ether oxygens (including phenoxy) is 1. The summed E-state index contributed by atoms with van der Waals surface area (Å²) >= 11 is 0. The molecule has 2 atom stereocenters. The Morgan fingerprint density at radius 1 is 1.17 bits per heavy atom. The van der Waals surface area contributed by atoms with Crippen molar-refractivity contribution >= 4 is 11.9 Å². The molecular formula is C13H22N2O3. The third-order valence-corrected chi connectivity index (χ3v) is 3.86. The van der Waals surface area contributed by atoms with Crippen LogP contribution < -0.4 is 11.1 Å². The molecule has 1 aliphatic heterocycles. The van der Waals surface area contributed by atoms with E-state index in [2.05, 4.69) is 5.32 Å². The summed E-state index contributed by atoms with van der Waals surface area (Å²) in [4.78, 5) is 23.3. The summed E-state index contributed by atoms with van der Waals surface area (Å²) in [6, 6.07) is -0.469. The molecule has 3 N–H and O–H groups in total. The largest absolute Gasteiger partial charge is 0.460 e. The van der Waals surface area contributed by atoms with E-state index >= 15 is 0 Å². The number of hydrogen-bond donors (Lipinski definition) is 2. The first-order chi connectivity index (χ1) is 8.66. The van der Waals surface area contributed by atoms with Gasteiger partial charge in [0.2, 0.25) is 5.91 Å². The number of amides is 1. The van der Waals surface area contributed by atoms with Gasteiger partial charge >= 0.3 is 5.97 Å². The minimum atomic E-state index is -0.469. The maximum Gasteiger partial charge on any atom is 0.309 e. The van der Waals surface area contributed by atoms with Gasteiger partial charge in [-0.15, -0.1) is 0 Å². The highest BCUT2D eigenvalue weighted by molar-refractivity contribution is 5.81. The molecule has 2 aliphatic rings. The summed E-state index contributed by atoms with van der Waals surface area (Å²) < 4.78 is 5.50. The van der Waals surface area contributed by atoms with Crippen LogP contribution >= 0.6 is 0 Å². The molecule has 2 rings (SSSR count). The normalized spacial score (nSPS) is 30.4. The van der Waals surface area contributed by atoms with Crippen molar-refractivity contribution in [2.45, 2.75) is 57.1 Å². The molecule has 102 valence electrons. The lowest BCUT2D eigenvalue weighted by Gasteiger charge is -2.23. The van der Waals surface area contributed by atoms with Crippen LogP contribution in [0.25, 0.3) is 0 Å². The minimum absolute atomic E-state index is 0.0615. The first-order valence-corrected chi connectivity index (χ1v) is 6.90. The summed E-state index contributed by atoms with van der Waals surface area (Å²) in [6.07, 6.45) is 6.37. The first-order valence-electron chi connectivity index (χ1n) is 6.90. The van der Waals surface area contributed by atoms with Gasteiger partial charge in [0.05, 0.1) is 18.5 Å². The van der Waals surface area contributed by atoms with E-state index in [1.54, 1.807) is 0 Å². The maximum atomic E-state index is 12.0. The average Bonchev–Trinajstić information content (AvgIpc) is 2.55. The lowest BCUT2D eigenvalue weighted by molar-refractivity contribution is -0.155. The van der Waals surface area contributed by atoms with E-state index < -0.39 is 6.04 Å². The lowest BCUT2D eigenvalue weighted by atomic mass is 9.89. The van der Waals surface area contributed by atoms with Gasteiger partial charge < -0.3 is 15.8 Å². The molecule has 0 aromatic rings. The van der Waals surface area contributed by atoms with Crippen LogP contribution in [0.5, 0.6) is 0 Å². The molecule has 1 heterocycles.